The zero-order chi connectivity index (χ0) is 19.9. The standard InChI is InChI=1S/C22H24FN3O2/c23-21-6-2-1-4-17(21)12-18(25)13-22(27)26-11-3-5-19(26)15-28-20-9-7-16(14-24)8-10-20/h1-2,4,6-10,18-19H,3,5,11-13,15,25H2/t18-,19+/m1/s1. The zero-order valence-electron chi connectivity index (χ0n) is 15.7. The number of ether oxygens (including phenoxy) is 1. The van der Waals surface area contributed by atoms with Crippen LogP contribution in [0.25, 0.3) is 0 Å². The van der Waals surface area contributed by atoms with E-state index in [1.165, 1.54) is 6.07 Å². The van der Waals surface area contributed by atoms with Crippen LogP contribution >= 0.6 is 0 Å². The third-order valence-electron chi connectivity index (χ3n) is 5.00. The smallest absolute Gasteiger partial charge is 0.224 e. The van der Waals surface area contributed by atoms with E-state index in [-0.39, 0.29) is 24.2 Å². The molecule has 1 fully saturated rings. The first-order chi connectivity index (χ1) is 13.6. The van der Waals surface area contributed by atoms with Crippen LogP contribution in [0.2, 0.25) is 0 Å². The minimum atomic E-state index is -0.426. The van der Waals surface area contributed by atoms with Gasteiger partial charge in [-0.2, -0.15) is 5.26 Å². The average Bonchev–Trinajstić information content (AvgIpc) is 3.17. The van der Waals surface area contributed by atoms with Crippen molar-refractivity contribution in [2.24, 2.45) is 5.73 Å². The van der Waals surface area contributed by atoms with Crippen molar-refractivity contribution in [1.82, 2.24) is 4.90 Å². The minimum absolute atomic E-state index is 0.00352. The van der Waals surface area contributed by atoms with Gasteiger partial charge in [-0.3, -0.25) is 4.79 Å². The molecule has 0 spiro atoms. The summed E-state index contributed by atoms with van der Waals surface area (Å²) in [5.74, 6) is 0.365. The predicted octanol–water partition coefficient (Wildman–Crippen LogP) is 3.03. The van der Waals surface area contributed by atoms with Gasteiger partial charge in [-0.05, 0) is 55.2 Å². The number of carbonyl (C=O) groups excluding carboxylic acids is 1. The Morgan fingerprint density at radius 3 is 2.75 bits per heavy atom. The van der Waals surface area contributed by atoms with Gasteiger partial charge in [-0.25, -0.2) is 4.39 Å². The summed E-state index contributed by atoms with van der Waals surface area (Å²) < 4.78 is 19.6. The normalized spacial score (nSPS) is 17.2. The fraction of sp³-hybridized carbons (Fsp3) is 0.364. The molecule has 1 amide bonds. The molecular weight excluding hydrogens is 357 g/mol. The third kappa shape index (κ3) is 5.08. The molecule has 0 bridgehead atoms. The molecule has 3 rings (SSSR count). The Bertz CT molecular complexity index is 848. The Morgan fingerprint density at radius 2 is 2.04 bits per heavy atom. The number of rotatable bonds is 7. The van der Waals surface area contributed by atoms with Crippen LogP contribution in [0.4, 0.5) is 4.39 Å². The Morgan fingerprint density at radius 1 is 1.29 bits per heavy atom. The van der Waals surface area contributed by atoms with Crippen molar-refractivity contribution >= 4 is 5.91 Å². The van der Waals surface area contributed by atoms with E-state index in [1.54, 1.807) is 42.5 Å². The third-order valence-corrected chi connectivity index (χ3v) is 5.00. The molecule has 2 aromatic carbocycles. The molecule has 1 heterocycles. The number of benzene rings is 2. The van der Waals surface area contributed by atoms with E-state index in [0.717, 1.165) is 12.8 Å². The highest BCUT2D eigenvalue weighted by Gasteiger charge is 2.30. The van der Waals surface area contributed by atoms with Gasteiger partial charge in [0, 0.05) is 19.0 Å². The molecule has 1 aliphatic heterocycles. The number of nitrogens with two attached hydrogens (primary N) is 1. The van der Waals surface area contributed by atoms with Crippen molar-refractivity contribution in [2.75, 3.05) is 13.2 Å². The van der Waals surface area contributed by atoms with Crippen LogP contribution in [0.15, 0.2) is 48.5 Å². The van der Waals surface area contributed by atoms with Gasteiger partial charge < -0.3 is 15.4 Å². The van der Waals surface area contributed by atoms with Gasteiger partial charge in [0.05, 0.1) is 17.7 Å². The second-order valence-electron chi connectivity index (χ2n) is 7.09. The lowest BCUT2D eigenvalue weighted by atomic mass is 10.0. The van der Waals surface area contributed by atoms with E-state index in [2.05, 4.69) is 6.07 Å². The van der Waals surface area contributed by atoms with Crippen LogP contribution in [0, 0.1) is 17.1 Å². The average molecular weight is 381 g/mol. The fourth-order valence-corrected chi connectivity index (χ4v) is 3.52. The molecule has 0 radical (unpaired) electrons. The number of halogens is 1. The molecule has 28 heavy (non-hydrogen) atoms. The molecule has 0 saturated carbocycles. The highest BCUT2D eigenvalue weighted by Crippen LogP contribution is 2.21. The summed E-state index contributed by atoms with van der Waals surface area (Å²) in [6.45, 7) is 1.09. The first kappa shape index (κ1) is 19.8. The lowest BCUT2D eigenvalue weighted by Gasteiger charge is -2.26. The van der Waals surface area contributed by atoms with Crippen molar-refractivity contribution in [3.8, 4) is 11.8 Å². The second kappa shape index (κ2) is 9.34. The minimum Gasteiger partial charge on any atom is -0.491 e. The molecule has 2 atom stereocenters. The maximum absolute atomic E-state index is 13.8. The summed E-state index contributed by atoms with van der Waals surface area (Å²) in [5, 5.41) is 8.84. The predicted molar refractivity (Wildman–Crippen MR) is 104 cm³/mol. The Labute approximate surface area is 164 Å². The highest BCUT2D eigenvalue weighted by molar-refractivity contribution is 5.77. The summed E-state index contributed by atoms with van der Waals surface area (Å²) in [5.41, 5.74) is 7.22. The molecule has 1 aliphatic rings. The number of hydrogen-bond donors (Lipinski definition) is 1. The van der Waals surface area contributed by atoms with Gasteiger partial charge in [0.15, 0.2) is 0 Å². The van der Waals surface area contributed by atoms with Crippen molar-refractivity contribution in [3.05, 3.63) is 65.5 Å². The number of nitriles is 1. The number of nitrogens with zero attached hydrogens (tertiary/aromatic N) is 2. The first-order valence-corrected chi connectivity index (χ1v) is 9.48. The van der Waals surface area contributed by atoms with E-state index in [1.807, 2.05) is 4.90 Å². The van der Waals surface area contributed by atoms with Crippen LogP contribution in [-0.4, -0.2) is 36.0 Å². The maximum Gasteiger partial charge on any atom is 0.224 e. The molecule has 0 aromatic heterocycles. The molecule has 6 heteroatoms. The van der Waals surface area contributed by atoms with Crippen molar-refractivity contribution < 1.29 is 13.9 Å². The van der Waals surface area contributed by atoms with Crippen LogP contribution in [0.5, 0.6) is 5.75 Å². The summed E-state index contributed by atoms with van der Waals surface area (Å²) in [4.78, 5) is 14.5. The molecule has 0 aliphatic carbocycles. The first-order valence-electron chi connectivity index (χ1n) is 9.48. The van der Waals surface area contributed by atoms with Crippen LogP contribution in [-0.2, 0) is 11.2 Å². The SMILES string of the molecule is N#Cc1ccc(OC[C@@H]2CCCN2C(=O)C[C@H](N)Cc2ccccc2F)cc1. The largest absolute Gasteiger partial charge is 0.491 e. The number of hydrogen-bond acceptors (Lipinski definition) is 4. The Balaban J connectivity index is 1.52. The molecule has 1 saturated heterocycles. The molecule has 2 N–H and O–H groups in total. The Kier molecular flexibility index (Phi) is 6.62. The van der Waals surface area contributed by atoms with E-state index in [9.17, 15) is 9.18 Å². The van der Waals surface area contributed by atoms with Crippen molar-refractivity contribution in [1.29, 1.82) is 5.26 Å². The van der Waals surface area contributed by atoms with E-state index >= 15 is 0 Å². The molecule has 2 aromatic rings. The topological polar surface area (TPSA) is 79.3 Å². The fourth-order valence-electron chi connectivity index (χ4n) is 3.52. The number of amides is 1. The number of carbonyl (C=O) groups is 1. The van der Waals surface area contributed by atoms with Crippen LogP contribution in [0.3, 0.4) is 0 Å². The number of likely N-dealkylation sites (tertiary alicyclic amines) is 1. The molecule has 146 valence electrons. The summed E-state index contributed by atoms with van der Waals surface area (Å²) in [7, 11) is 0. The molecule has 5 nitrogen and oxygen atoms in total. The van der Waals surface area contributed by atoms with Gasteiger partial charge >= 0.3 is 0 Å². The zero-order valence-corrected chi connectivity index (χ0v) is 15.7. The van der Waals surface area contributed by atoms with Crippen molar-refractivity contribution in [3.63, 3.8) is 0 Å². The van der Waals surface area contributed by atoms with Gasteiger partial charge in [0.25, 0.3) is 0 Å². The lowest BCUT2D eigenvalue weighted by Crippen LogP contribution is -2.42. The van der Waals surface area contributed by atoms with Crippen LogP contribution in [0.1, 0.15) is 30.4 Å². The van der Waals surface area contributed by atoms with Crippen molar-refractivity contribution in [2.45, 2.75) is 37.8 Å². The van der Waals surface area contributed by atoms with E-state index < -0.39 is 6.04 Å². The molecular formula is C22H24FN3O2. The van der Waals surface area contributed by atoms with E-state index in [0.29, 0.717) is 36.4 Å². The summed E-state index contributed by atoms with van der Waals surface area (Å²) in [6.07, 6.45) is 2.32. The monoisotopic (exact) mass is 381 g/mol. The van der Waals surface area contributed by atoms with Crippen LogP contribution < -0.4 is 10.5 Å². The highest BCUT2D eigenvalue weighted by atomic mass is 19.1. The quantitative estimate of drug-likeness (QED) is 0.800. The second-order valence-corrected chi connectivity index (χ2v) is 7.09. The maximum atomic E-state index is 13.8. The van der Waals surface area contributed by atoms with E-state index in [4.69, 9.17) is 15.7 Å². The molecule has 0 unspecified atom stereocenters. The lowest BCUT2D eigenvalue weighted by molar-refractivity contribution is -0.132. The van der Waals surface area contributed by atoms with Gasteiger partial charge in [0.2, 0.25) is 5.91 Å². The Hall–Kier alpha value is -2.91. The van der Waals surface area contributed by atoms with Gasteiger partial charge in [-0.1, -0.05) is 18.2 Å². The van der Waals surface area contributed by atoms with Gasteiger partial charge in [0.1, 0.15) is 18.2 Å². The van der Waals surface area contributed by atoms with Gasteiger partial charge in [-0.15, -0.1) is 0 Å². The summed E-state index contributed by atoms with van der Waals surface area (Å²) >= 11 is 0. The summed E-state index contributed by atoms with van der Waals surface area (Å²) in [6, 6.07) is 15.1.